The van der Waals surface area contributed by atoms with Crippen molar-refractivity contribution in [1.29, 1.82) is 0 Å². The minimum Gasteiger partial charge on any atom is -0.393 e. The molecule has 0 aliphatic heterocycles. The van der Waals surface area contributed by atoms with Crippen molar-refractivity contribution in [3.63, 3.8) is 0 Å². The molecule has 0 bridgehead atoms. The van der Waals surface area contributed by atoms with E-state index in [9.17, 15) is 10.2 Å². The third kappa shape index (κ3) is 3.39. The molecule has 0 aromatic carbocycles. The van der Waals surface area contributed by atoms with Crippen molar-refractivity contribution in [2.45, 2.75) is 90.8 Å². The largest absolute Gasteiger partial charge is 0.393 e. The van der Waals surface area contributed by atoms with E-state index in [0.717, 1.165) is 31.1 Å². The van der Waals surface area contributed by atoms with Crippen LogP contribution in [0.1, 0.15) is 79.1 Å². The predicted molar refractivity (Wildman–Crippen MR) is 83.5 cm³/mol. The summed E-state index contributed by atoms with van der Waals surface area (Å²) in [4.78, 5) is 0. The highest BCUT2D eigenvalue weighted by Crippen LogP contribution is 2.58. The summed E-state index contributed by atoms with van der Waals surface area (Å²) < 4.78 is 0. The molecule has 0 heterocycles. The second-order valence-corrected chi connectivity index (χ2v) is 8.44. The number of fused-ring (bicyclic) bond motifs is 1. The Morgan fingerprint density at radius 1 is 1.25 bits per heavy atom. The summed E-state index contributed by atoms with van der Waals surface area (Å²) in [6.45, 7) is 8.64. The molecule has 2 aliphatic carbocycles. The Balaban J connectivity index is 1.92. The number of hydrogen-bond donors (Lipinski definition) is 2. The molecule has 0 aromatic heterocycles. The van der Waals surface area contributed by atoms with Gasteiger partial charge in [0.15, 0.2) is 0 Å². The van der Waals surface area contributed by atoms with Gasteiger partial charge in [-0.2, -0.15) is 0 Å². The van der Waals surface area contributed by atoms with E-state index < -0.39 is 5.60 Å². The first-order chi connectivity index (χ1) is 9.24. The third-order valence-corrected chi connectivity index (χ3v) is 6.30. The van der Waals surface area contributed by atoms with Crippen molar-refractivity contribution >= 4 is 0 Å². The highest BCUT2D eigenvalue weighted by Gasteiger charge is 2.51. The van der Waals surface area contributed by atoms with Gasteiger partial charge in [-0.25, -0.2) is 0 Å². The number of aliphatic hydroxyl groups excluding tert-OH is 1. The zero-order chi connectivity index (χ0) is 15.0. The van der Waals surface area contributed by atoms with E-state index in [1.807, 2.05) is 13.8 Å². The van der Waals surface area contributed by atoms with E-state index >= 15 is 0 Å². The molecular weight excluding hydrogens is 248 g/mol. The zero-order valence-electron chi connectivity index (χ0n) is 13.9. The molecule has 2 fully saturated rings. The molecule has 0 radical (unpaired) electrons. The molecule has 2 aliphatic rings. The molecule has 5 atom stereocenters. The van der Waals surface area contributed by atoms with Gasteiger partial charge in [0.25, 0.3) is 0 Å². The van der Waals surface area contributed by atoms with E-state index in [2.05, 4.69) is 13.8 Å². The average Bonchev–Trinajstić information content (AvgIpc) is 2.66. The smallest absolute Gasteiger partial charge is 0.0591 e. The molecular formula is C18H34O2. The van der Waals surface area contributed by atoms with Crippen LogP contribution in [-0.4, -0.2) is 21.9 Å². The normalized spacial score (nSPS) is 39.6. The summed E-state index contributed by atoms with van der Waals surface area (Å²) in [5, 5.41) is 20.1. The third-order valence-electron chi connectivity index (χ3n) is 6.30. The van der Waals surface area contributed by atoms with Gasteiger partial charge in [0.1, 0.15) is 0 Å². The predicted octanol–water partition coefficient (Wildman–Crippen LogP) is 4.14. The van der Waals surface area contributed by atoms with Crippen molar-refractivity contribution in [3.05, 3.63) is 0 Å². The summed E-state index contributed by atoms with van der Waals surface area (Å²) in [7, 11) is 0. The monoisotopic (exact) mass is 282 g/mol. The molecule has 2 saturated carbocycles. The molecule has 0 saturated heterocycles. The lowest BCUT2D eigenvalue weighted by molar-refractivity contribution is -0.0283. The van der Waals surface area contributed by atoms with Crippen molar-refractivity contribution < 1.29 is 10.2 Å². The van der Waals surface area contributed by atoms with Gasteiger partial charge in [0, 0.05) is 0 Å². The minimum absolute atomic E-state index is 0.0534. The van der Waals surface area contributed by atoms with Gasteiger partial charge in [-0.05, 0) is 69.1 Å². The van der Waals surface area contributed by atoms with Gasteiger partial charge in [0.05, 0.1) is 11.7 Å². The second-order valence-electron chi connectivity index (χ2n) is 8.44. The van der Waals surface area contributed by atoms with Crippen LogP contribution >= 0.6 is 0 Å². The van der Waals surface area contributed by atoms with Crippen molar-refractivity contribution in [3.8, 4) is 0 Å². The average molecular weight is 282 g/mol. The Kier molecular flexibility index (Phi) is 4.86. The van der Waals surface area contributed by atoms with Crippen LogP contribution in [0.3, 0.4) is 0 Å². The molecule has 0 amide bonds. The Morgan fingerprint density at radius 2 is 1.95 bits per heavy atom. The molecule has 0 aromatic rings. The van der Waals surface area contributed by atoms with E-state index in [-0.39, 0.29) is 6.10 Å². The summed E-state index contributed by atoms with van der Waals surface area (Å²) in [6, 6.07) is 0. The molecule has 2 heteroatoms. The summed E-state index contributed by atoms with van der Waals surface area (Å²) in [5.41, 5.74) is -0.158. The maximum absolute atomic E-state index is 10.3. The Hall–Kier alpha value is -0.0800. The van der Waals surface area contributed by atoms with Crippen LogP contribution in [0.5, 0.6) is 0 Å². The highest BCUT2D eigenvalue weighted by atomic mass is 16.3. The second kappa shape index (κ2) is 5.96. The van der Waals surface area contributed by atoms with Crippen LogP contribution < -0.4 is 0 Å². The van der Waals surface area contributed by atoms with Crippen LogP contribution in [0.25, 0.3) is 0 Å². The standard InChI is InChI=1S/C18H34O2/c1-13(7-5-11-17(2,3)20)14-9-10-15-16(19)8-6-12-18(14,15)4/h13-16,19-20H,5-12H2,1-4H3/t13-,14-,15+,16+,18-/m1/s1. The van der Waals surface area contributed by atoms with Gasteiger partial charge in [-0.15, -0.1) is 0 Å². The molecule has 0 unspecified atom stereocenters. The Morgan fingerprint density at radius 3 is 2.60 bits per heavy atom. The molecule has 20 heavy (non-hydrogen) atoms. The highest BCUT2D eigenvalue weighted by molar-refractivity contribution is 5.01. The van der Waals surface area contributed by atoms with E-state index in [1.54, 1.807) is 0 Å². The first-order valence-electron chi connectivity index (χ1n) is 8.64. The maximum Gasteiger partial charge on any atom is 0.0591 e. The molecule has 0 spiro atoms. The Bertz CT molecular complexity index is 320. The number of aliphatic hydroxyl groups is 2. The van der Waals surface area contributed by atoms with Crippen LogP contribution in [0.15, 0.2) is 0 Å². The SMILES string of the molecule is C[C@H](CCCC(C)(C)O)[C@H]1CC[C@H]2[C@@H](O)CCC[C@]12C. The first-order valence-corrected chi connectivity index (χ1v) is 8.64. The Labute approximate surface area is 125 Å². The van der Waals surface area contributed by atoms with Gasteiger partial charge in [-0.1, -0.05) is 33.1 Å². The van der Waals surface area contributed by atoms with Crippen LogP contribution in [-0.2, 0) is 0 Å². The summed E-state index contributed by atoms with van der Waals surface area (Å²) in [5.74, 6) is 2.03. The fraction of sp³-hybridized carbons (Fsp3) is 1.00. The summed E-state index contributed by atoms with van der Waals surface area (Å²) >= 11 is 0. The van der Waals surface area contributed by atoms with Crippen molar-refractivity contribution in [2.24, 2.45) is 23.2 Å². The molecule has 2 nitrogen and oxygen atoms in total. The maximum atomic E-state index is 10.3. The minimum atomic E-state index is -0.525. The lowest BCUT2D eigenvalue weighted by Crippen LogP contribution is -2.41. The lowest BCUT2D eigenvalue weighted by Gasteiger charge is -2.45. The van der Waals surface area contributed by atoms with E-state index in [4.69, 9.17) is 0 Å². The van der Waals surface area contributed by atoms with Crippen LogP contribution in [0, 0.1) is 23.2 Å². The van der Waals surface area contributed by atoms with Gasteiger partial charge >= 0.3 is 0 Å². The van der Waals surface area contributed by atoms with Gasteiger partial charge in [0.2, 0.25) is 0 Å². The van der Waals surface area contributed by atoms with Crippen LogP contribution in [0.4, 0.5) is 0 Å². The van der Waals surface area contributed by atoms with Crippen molar-refractivity contribution in [1.82, 2.24) is 0 Å². The number of hydrogen-bond acceptors (Lipinski definition) is 2. The molecule has 118 valence electrons. The van der Waals surface area contributed by atoms with E-state index in [1.165, 1.54) is 32.1 Å². The van der Waals surface area contributed by atoms with Crippen molar-refractivity contribution in [2.75, 3.05) is 0 Å². The topological polar surface area (TPSA) is 40.5 Å². The van der Waals surface area contributed by atoms with Gasteiger partial charge < -0.3 is 10.2 Å². The quantitative estimate of drug-likeness (QED) is 0.795. The van der Waals surface area contributed by atoms with E-state index in [0.29, 0.717) is 11.3 Å². The number of rotatable bonds is 5. The van der Waals surface area contributed by atoms with Gasteiger partial charge in [-0.3, -0.25) is 0 Å². The summed E-state index contributed by atoms with van der Waals surface area (Å²) in [6.07, 6.45) is 9.20. The fourth-order valence-electron chi connectivity index (χ4n) is 5.18. The fourth-order valence-corrected chi connectivity index (χ4v) is 5.18. The lowest BCUT2D eigenvalue weighted by atomic mass is 9.61. The molecule has 2 N–H and O–H groups in total. The zero-order valence-corrected chi connectivity index (χ0v) is 13.9. The van der Waals surface area contributed by atoms with Crippen LogP contribution in [0.2, 0.25) is 0 Å². The first kappa shape index (κ1) is 16.3. The molecule has 2 rings (SSSR count).